The predicted molar refractivity (Wildman–Crippen MR) is 92.4 cm³/mol. The highest BCUT2D eigenvalue weighted by molar-refractivity contribution is 6.25. The lowest BCUT2D eigenvalue weighted by molar-refractivity contribution is -0.116. The average molecular weight is 315 g/mol. The van der Waals surface area contributed by atoms with Gasteiger partial charge in [0, 0.05) is 12.3 Å². The summed E-state index contributed by atoms with van der Waals surface area (Å²) in [7, 11) is 3.16. The normalized spacial score (nSPS) is 18.6. The number of carbonyl (C=O) groups is 1. The van der Waals surface area contributed by atoms with Crippen LogP contribution in [0.3, 0.4) is 0 Å². The summed E-state index contributed by atoms with van der Waals surface area (Å²) in [6.07, 6.45) is 1.21. The summed E-state index contributed by atoms with van der Waals surface area (Å²) < 4.78 is 5.55. The SMILES string of the molecule is CON=C(C)CC1CC(OC)=C(c2c(C)cc(C)cc2C)C1=O. The van der Waals surface area contributed by atoms with Crippen molar-refractivity contribution in [2.24, 2.45) is 11.1 Å². The largest absolute Gasteiger partial charge is 0.500 e. The number of carbonyl (C=O) groups excluding carboxylic acids is 1. The first-order valence-electron chi connectivity index (χ1n) is 7.85. The first kappa shape index (κ1) is 17.3. The maximum absolute atomic E-state index is 13.0. The Morgan fingerprint density at radius 2 is 1.83 bits per heavy atom. The number of ketones is 1. The van der Waals surface area contributed by atoms with Gasteiger partial charge < -0.3 is 9.57 Å². The number of methoxy groups -OCH3 is 1. The van der Waals surface area contributed by atoms with Crippen molar-refractivity contribution in [1.82, 2.24) is 0 Å². The van der Waals surface area contributed by atoms with Crippen LogP contribution in [0.2, 0.25) is 0 Å². The first-order valence-corrected chi connectivity index (χ1v) is 7.85. The van der Waals surface area contributed by atoms with E-state index in [9.17, 15) is 4.79 Å². The van der Waals surface area contributed by atoms with Crippen molar-refractivity contribution in [3.63, 3.8) is 0 Å². The topological polar surface area (TPSA) is 47.9 Å². The summed E-state index contributed by atoms with van der Waals surface area (Å²) in [5.74, 6) is 0.793. The minimum atomic E-state index is -0.126. The fourth-order valence-corrected chi connectivity index (χ4v) is 3.50. The zero-order valence-electron chi connectivity index (χ0n) is 14.8. The van der Waals surface area contributed by atoms with Crippen LogP contribution in [0.25, 0.3) is 5.57 Å². The van der Waals surface area contributed by atoms with Gasteiger partial charge in [-0.3, -0.25) is 4.79 Å². The van der Waals surface area contributed by atoms with E-state index in [1.54, 1.807) is 7.11 Å². The highest BCUT2D eigenvalue weighted by Gasteiger charge is 2.36. The van der Waals surface area contributed by atoms with Crippen LogP contribution in [0.1, 0.15) is 42.0 Å². The molecule has 4 nitrogen and oxygen atoms in total. The monoisotopic (exact) mass is 315 g/mol. The van der Waals surface area contributed by atoms with Gasteiger partial charge in [-0.2, -0.15) is 0 Å². The van der Waals surface area contributed by atoms with Crippen LogP contribution in [0.5, 0.6) is 0 Å². The predicted octanol–water partition coefficient (Wildman–Crippen LogP) is 3.97. The fourth-order valence-electron chi connectivity index (χ4n) is 3.50. The van der Waals surface area contributed by atoms with Gasteiger partial charge in [-0.25, -0.2) is 0 Å². The molecule has 0 aliphatic heterocycles. The third-order valence-corrected chi connectivity index (χ3v) is 4.29. The van der Waals surface area contributed by atoms with Gasteiger partial charge in [-0.15, -0.1) is 0 Å². The van der Waals surface area contributed by atoms with E-state index in [2.05, 4.69) is 24.2 Å². The molecule has 0 N–H and O–H groups in total. The van der Waals surface area contributed by atoms with E-state index in [1.165, 1.54) is 12.7 Å². The van der Waals surface area contributed by atoms with Crippen molar-refractivity contribution in [3.8, 4) is 0 Å². The molecule has 1 aliphatic rings. The average Bonchev–Trinajstić information content (AvgIpc) is 2.75. The molecule has 0 aromatic heterocycles. The smallest absolute Gasteiger partial charge is 0.170 e. The molecule has 1 aromatic rings. The summed E-state index contributed by atoms with van der Waals surface area (Å²) in [5, 5.41) is 3.92. The van der Waals surface area contributed by atoms with E-state index in [4.69, 9.17) is 9.57 Å². The Morgan fingerprint density at radius 1 is 1.22 bits per heavy atom. The Morgan fingerprint density at radius 3 is 2.35 bits per heavy atom. The molecule has 0 saturated carbocycles. The third kappa shape index (κ3) is 3.46. The second-order valence-corrected chi connectivity index (χ2v) is 6.25. The molecule has 1 atom stereocenters. The number of Topliss-reactive ketones (excluding diaryl/α,β-unsaturated/α-hetero) is 1. The van der Waals surface area contributed by atoms with Crippen LogP contribution >= 0.6 is 0 Å². The Labute approximate surface area is 138 Å². The molecule has 23 heavy (non-hydrogen) atoms. The summed E-state index contributed by atoms with van der Waals surface area (Å²) in [6, 6.07) is 4.22. The third-order valence-electron chi connectivity index (χ3n) is 4.29. The lowest BCUT2D eigenvalue weighted by Crippen LogP contribution is -2.14. The van der Waals surface area contributed by atoms with E-state index in [0.29, 0.717) is 12.8 Å². The second-order valence-electron chi connectivity index (χ2n) is 6.25. The zero-order valence-corrected chi connectivity index (χ0v) is 14.8. The quantitative estimate of drug-likeness (QED) is 0.610. The molecule has 0 heterocycles. The summed E-state index contributed by atoms with van der Waals surface area (Å²) in [4.78, 5) is 17.8. The molecule has 2 rings (SSSR count). The Hall–Kier alpha value is -2.10. The number of hydrogen-bond acceptors (Lipinski definition) is 4. The molecule has 124 valence electrons. The summed E-state index contributed by atoms with van der Waals surface area (Å²) in [6.45, 7) is 8.05. The van der Waals surface area contributed by atoms with Gasteiger partial charge in [0.1, 0.15) is 12.9 Å². The number of oxime groups is 1. The van der Waals surface area contributed by atoms with Crippen LogP contribution in [0, 0.1) is 26.7 Å². The highest BCUT2D eigenvalue weighted by Crippen LogP contribution is 2.39. The van der Waals surface area contributed by atoms with Gasteiger partial charge in [0.2, 0.25) is 0 Å². The summed E-state index contributed by atoms with van der Waals surface area (Å²) >= 11 is 0. The number of benzene rings is 1. The molecule has 1 aromatic carbocycles. The zero-order chi connectivity index (χ0) is 17.1. The van der Waals surface area contributed by atoms with E-state index >= 15 is 0 Å². The Bertz CT molecular complexity index is 663. The highest BCUT2D eigenvalue weighted by atomic mass is 16.6. The van der Waals surface area contributed by atoms with Gasteiger partial charge in [-0.1, -0.05) is 22.9 Å². The van der Waals surface area contributed by atoms with Crippen LogP contribution in [-0.2, 0) is 14.4 Å². The fraction of sp³-hybridized carbons (Fsp3) is 0.474. The molecule has 1 unspecified atom stereocenters. The minimum Gasteiger partial charge on any atom is -0.500 e. The number of rotatable bonds is 5. The molecule has 0 saturated heterocycles. The van der Waals surface area contributed by atoms with Gasteiger partial charge in [-0.05, 0) is 50.8 Å². The lowest BCUT2D eigenvalue weighted by Gasteiger charge is -2.14. The molecule has 0 radical (unpaired) electrons. The summed E-state index contributed by atoms with van der Waals surface area (Å²) in [5.41, 5.74) is 6.00. The molecule has 1 aliphatic carbocycles. The van der Waals surface area contributed by atoms with Crippen LogP contribution in [0.15, 0.2) is 23.0 Å². The number of allylic oxidation sites excluding steroid dienone is 2. The molecule has 0 spiro atoms. The van der Waals surface area contributed by atoms with Crippen molar-refractivity contribution < 1.29 is 14.4 Å². The van der Waals surface area contributed by atoms with Crippen molar-refractivity contribution in [3.05, 3.63) is 40.1 Å². The minimum absolute atomic E-state index is 0.126. The van der Waals surface area contributed by atoms with Crippen molar-refractivity contribution in [1.29, 1.82) is 0 Å². The van der Waals surface area contributed by atoms with Gasteiger partial charge in [0.25, 0.3) is 0 Å². The van der Waals surface area contributed by atoms with Crippen LogP contribution in [0.4, 0.5) is 0 Å². The standard InChI is InChI=1S/C19H25NO3/c1-11-7-12(2)17(13(3)8-11)18-16(22-5)10-15(19(18)21)9-14(4)20-23-6/h7-8,15H,9-10H2,1-6H3. The molecular formula is C19H25NO3. The second kappa shape index (κ2) is 6.99. The molecular weight excluding hydrogens is 290 g/mol. The van der Waals surface area contributed by atoms with Gasteiger partial charge >= 0.3 is 0 Å². The number of hydrogen-bond donors (Lipinski definition) is 0. The number of aryl methyl sites for hydroxylation is 3. The van der Waals surface area contributed by atoms with Gasteiger partial charge in [0.05, 0.1) is 18.4 Å². The Balaban J connectivity index is 2.41. The van der Waals surface area contributed by atoms with Crippen molar-refractivity contribution in [2.75, 3.05) is 14.2 Å². The van der Waals surface area contributed by atoms with Crippen LogP contribution < -0.4 is 0 Å². The van der Waals surface area contributed by atoms with Crippen molar-refractivity contribution >= 4 is 17.1 Å². The van der Waals surface area contributed by atoms with E-state index < -0.39 is 0 Å². The maximum atomic E-state index is 13.0. The Kier molecular flexibility index (Phi) is 5.24. The molecule has 4 heteroatoms. The number of ether oxygens (including phenoxy) is 1. The van der Waals surface area contributed by atoms with E-state index in [0.717, 1.165) is 33.7 Å². The van der Waals surface area contributed by atoms with E-state index in [1.807, 2.05) is 20.8 Å². The molecule has 0 fully saturated rings. The molecule has 0 amide bonds. The van der Waals surface area contributed by atoms with Gasteiger partial charge in [0.15, 0.2) is 5.78 Å². The van der Waals surface area contributed by atoms with Crippen LogP contribution in [-0.4, -0.2) is 25.7 Å². The number of nitrogens with zero attached hydrogens (tertiary/aromatic N) is 1. The van der Waals surface area contributed by atoms with E-state index in [-0.39, 0.29) is 11.7 Å². The van der Waals surface area contributed by atoms with Crippen molar-refractivity contribution in [2.45, 2.75) is 40.5 Å². The maximum Gasteiger partial charge on any atom is 0.170 e. The first-order chi connectivity index (χ1) is 10.9. The molecule has 0 bridgehead atoms. The lowest BCUT2D eigenvalue weighted by atomic mass is 9.90.